The average molecular weight is 324 g/mol. The summed E-state index contributed by atoms with van der Waals surface area (Å²) in [7, 11) is 0. The lowest BCUT2D eigenvalue weighted by molar-refractivity contribution is 0.0748. The van der Waals surface area contributed by atoms with E-state index < -0.39 is 0 Å². The number of ether oxygens (including phenoxy) is 2. The molecular formula is C18H16N2O2S. The lowest BCUT2D eigenvalue weighted by Gasteiger charge is -2.14. The zero-order valence-electron chi connectivity index (χ0n) is 12.4. The summed E-state index contributed by atoms with van der Waals surface area (Å²) in [6.45, 7) is 0.277. The predicted molar refractivity (Wildman–Crippen MR) is 89.9 cm³/mol. The van der Waals surface area contributed by atoms with Gasteiger partial charge in [0.15, 0.2) is 0 Å². The smallest absolute Gasteiger partial charge is 0.229 e. The molecule has 1 aromatic carbocycles. The SMILES string of the molecule is C1=C(C(Cc2ccccc2)c2ncc(-c3ccsc3)[nH]2)OCO1. The number of aromatic amines is 1. The molecule has 0 saturated carbocycles. The van der Waals surface area contributed by atoms with E-state index in [2.05, 4.69) is 38.9 Å². The van der Waals surface area contributed by atoms with E-state index in [0.29, 0.717) is 0 Å². The van der Waals surface area contributed by atoms with Crippen LogP contribution in [0.3, 0.4) is 0 Å². The van der Waals surface area contributed by atoms with Crippen molar-refractivity contribution >= 4 is 11.3 Å². The van der Waals surface area contributed by atoms with Gasteiger partial charge in [-0.05, 0) is 23.4 Å². The minimum Gasteiger partial charge on any atom is -0.462 e. The summed E-state index contributed by atoms with van der Waals surface area (Å²) >= 11 is 1.68. The third kappa shape index (κ3) is 3.00. The van der Waals surface area contributed by atoms with Gasteiger partial charge in [0, 0.05) is 10.9 Å². The summed E-state index contributed by atoms with van der Waals surface area (Å²) in [5, 5.41) is 4.17. The van der Waals surface area contributed by atoms with Crippen LogP contribution in [0, 0.1) is 0 Å². The molecule has 5 heteroatoms. The van der Waals surface area contributed by atoms with Crippen molar-refractivity contribution in [3.8, 4) is 11.3 Å². The number of allylic oxidation sites excluding steroid dienone is 1. The Morgan fingerprint density at radius 3 is 2.87 bits per heavy atom. The van der Waals surface area contributed by atoms with Crippen molar-refractivity contribution < 1.29 is 9.47 Å². The van der Waals surface area contributed by atoms with Gasteiger partial charge in [-0.2, -0.15) is 11.3 Å². The molecule has 0 saturated heterocycles. The molecule has 0 aliphatic carbocycles. The van der Waals surface area contributed by atoms with E-state index in [4.69, 9.17) is 9.47 Å². The number of thiophene rings is 1. The Bertz CT molecular complexity index is 794. The number of hydrogen-bond acceptors (Lipinski definition) is 4. The minimum atomic E-state index is 0.0206. The normalized spacial score (nSPS) is 14.9. The molecule has 3 aromatic rings. The Morgan fingerprint density at radius 2 is 2.13 bits per heavy atom. The van der Waals surface area contributed by atoms with Crippen molar-refractivity contribution in [3.63, 3.8) is 0 Å². The van der Waals surface area contributed by atoms with Gasteiger partial charge in [0.05, 0.1) is 17.8 Å². The van der Waals surface area contributed by atoms with E-state index in [-0.39, 0.29) is 12.7 Å². The summed E-state index contributed by atoms with van der Waals surface area (Å²) in [4.78, 5) is 8.02. The highest BCUT2D eigenvalue weighted by Gasteiger charge is 2.25. The first-order valence-corrected chi connectivity index (χ1v) is 8.40. The van der Waals surface area contributed by atoms with Gasteiger partial charge in [-0.3, -0.25) is 0 Å². The fourth-order valence-corrected chi connectivity index (χ4v) is 3.35. The van der Waals surface area contributed by atoms with Gasteiger partial charge in [0.1, 0.15) is 17.8 Å². The first-order chi connectivity index (χ1) is 11.4. The predicted octanol–water partition coefficient (Wildman–Crippen LogP) is 4.31. The fourth-order valence-electron chi connectivity index (χ4n) is 2.69. The van der Waals surface area contributed by atoms with E-state index in [9.17, 15) is 0 Å². The second kappa shape index (κ2) is 6.30. The van der Waals surface area contributed by atoms with Crippen LogP contribution in [0.2, 0.25) is 0 Å². The lowest BCUT2D eigenvalue weighted by Crippen LogP contribution is -2.09. The zero-order chi connectivity index (χ0) is 15.5. The van der Waals surface area contributed by atoms with E-state index in [0.717, 1.165) is 29.3 Å². The van der Waals surface area contributed by atoms with Crippen LogP contribution < -0.4 is 0 Å². The number of benzene rings is 1. The Balaban J connectivity index is 1.65. The summed E-state index contributed by atoms with van der Waals surface area (Å²) in [5.74, 6) is 1.74. The molecule has 4 rings (SSSR count). The van der Waals surface area contributed by atoms with E-state index in [1.807, 2.05) is 24.4 Å². The first-order valence-electron chi connectivity index (χ1n) is 7.46. The fraction of sp³-hybridized carbons (Fsp3) is 0.167. The van der Waals surface area contributed by atoms with E-state index >= 15 is 0 Å². The number of H-pyrrole nitrogens is 1. The topological polar surface area (TPSA) is 47.1 Å². The van der Waals surface area contributed by atoms with Crippen molar-refractivity contribution in [1.82, 2.24) is 9.97 Å². The number of aromatic nitrogens is 2. The maximum absolute atomic E-state index is 5.62. The van der Waals surface area contributed by atoms with Crippen LogP contribution in [0.15, 0.2) is 65.4 Å². The highest BCUT2D eigenvalue weighted by atomic mass is 32.1. The molecule has 0 spiro atoms. The third-order valence-electron chi connectivity index (χ3n) is 3.88. The van der Waals surface area contributed by atoms with Crippen molar-refractivity contribution in [3.05, 3.63) is 76.8 Å². The number of nitrogens with zero attached hydrogens (tertiary/aromatic N) is 1. The lowest BCUT2D eigenvalue weighted by atomic mass is 9.97. The van der Waals surface area contributed by atoms with Gasteiger partial charge in [0.2, 0.25) is 6.79 Å². The number of hydrogen-bond donors (Lipinski definition) is 1. The average Bonchev–Trinajstić information content (AvgIpc) is 3.35. The largest absolute Gasteiger partial charge is 0.462 e. The first kappa shape index (κ1) is 14.1. The molecule has 1 aliphatic rings. The molecule has 0 radical (unpaired) electrons. The molecule has 0 bridgehead atoms. The summed E-state index contributed by atoms with van der Waals surface area (Å²) in [6.07, 6.45) is 4.39. The molecule has 23 heavy (non-hydrogen) atoms. The Kier molecular flexibility index (Phi) is 3.86. The molecule has 0 amide bonds. The van der Waals surface area contributed by atoms with Crippen LogP contribution in [0.25, 0.3) is 11.3 Å². The molecule has 3 heterocycles. The quantitative estimate of drug-likeness (QED) is 0.761. The van der Waals surface area contributed by atoms with Crippen molar-refractivity contribution in [1.29, 1.82) is 0 Å². The maximum atomic E-state index is 5.62. The van der Waals surface area contributed by atoms with E-state index in [1.165, 1.54) is 5.56 Å². The van der Waals surface area contributed by atoms with Gasteiger partial charge in [-0.15, -0.1) is 0 Å². The Labute approximate surface area is 138 Å². The van der Waals surface area contributed by atoms with Crippen LogP contribution >= 0.6 is 11.3 Å². The van der Waals surface area contributed by atoms with Crippen LogP contribution in [-0.2, 0) is 15.9 Å². The number of imidazole rings is 1. The standard InChI is InChI=1S/C18H16N2O2S/c1-2-4-13(5-3-1)8-15(17-10-21-12-22-17)18-19-9-16(20-18)14-6-7-23-11-14/h1-7,9-11,15H,8,12H2,(H,19,20). The van der Waals surface area contributed by atoms with Crippen LogP contribution in [-0.4, -0.2) is 16.8 Å². The molecular weight excluding hydrogens is 308 g/mol. The number of rotatable bonds is 5. The van der Waals surface area contributed by atoms with E-state index in [1.54, 1.807) is 17.6 Å². The molecule has 4 nitrogen and oxygen atoms in total. The number of nitrogens with one attached hydrogen (secondary N) is 1. The van der Waals surface area contributed by atoms with Gasteiger partial charge in [-0.25, -0.2) is 4.98 Å². The molecule has 1 aliphatic heterocycles. The van der Waals surface area contributed by atoms with Crippen molar-refractivity contribution in [2.45, 2.75) is 12.3 Å². The Hall–Kier alpha value is -2.53. The van der Waals surface area contributed by atoms with Gasteiger partial charge < -0.3 is 14.5 Å². The molecule has 2 aromatic heterocycles. The third-order valence-corrected chi connectivity index (χ3v) is 4.56. The van der Waals surface area contributed by atoms with Gasteiger partial charge in [-0.1, -0.05) is 30.3 Å². The second-order valence-electron chi connectivity index (χ2n) is 5.39. The van der Waals surface area contributed by atoms with Crippen molar-refractivity contribution in [2.75, 3.05) is 6.79 Å². The molecule has 0 fully saturated rings. The molecule has 1 atom stereocenters. The van der Waals surface area contributed by atoms with Crippen LogP contribution in [0.4, 0.5) is 0 Å². The minimum absolute atomic E-state index is 0.0206. The Morgan fingerprint density at radius 1 is 1.22 bits per heavy atom. The highest BCUT2D eigenvalue weighted by Crippen LogP contribution is 2.31. The highest BCUT2D eigenvalue weighted by molar-refractivity contribution is 7.08. The molecule has 1 unspecified atom stereocenters. The maximum Gasteiger partial charge on any atom is 0.229 e. The monoisotopic (exact) mass is 324 g/mol. The zero-order valence-corrected chi connectivity index (χ0v) is 13.3. The van der Waals surface area contributed by atoms with Gasteiger partial charge >= 0.3 is 0 Å². The molecule has 116 valence electrons. The summed E-state index contributed by atoms with van der Waals surface area (Å²) in [6, 6.07) is 12.4. The van der Waals surface area contributed by atoms with Crippen LogP contribution in [0.5, 0.6) is 0 Å². The summed E-state index contributed by atoms with van der Waals surface area (Å²) < 4.78 is 10.9. The molecule has 1 N–H and O–H groups in total. The van der Waals surface area contributed by atoms with Crippen molar-refractivity contribution in [2.24, 2.45) is 0 Å². The van der Waals surface area contributed by atoms with Crippen LogP contribution in [0.1, 0.15) is 17.3 Å². The van der Waals surface area contributed by atoms with Gasteiger partial charge in [0.25, 0.3) is 0 Å². The summed E-state index contributed by atoms with van der Waals surface area (Å²) in [5.41, 5.74) is 3.42. The second-order valence-corrected chi connectivity index (χ2v) is 6.17.